The predicted molar refractivity (Wildman–Crippen MR) is 202 cm³/mol. The lowest BCUT2D eigenvalue weighted by atomic mass is 9.72. The molecule has 0 aromatic heterocycles. The Morgan fingerprint density at radius 1 is 1.04 bits per heavy atom. The van der Waals surface area contributed by atoms with Crippen molar-refractivity contribution in [2.75, 3.05) is 24.6 Å². The number of fused-ring (bicyclic) bond motifs is 2. The zero-order valence-electron chi connectivity index (χ0n) is 30.7. The molecule has 2 aliphatic rings. The first-order valence-corrected chi connectivity index (χ1v) is 18.0. The van der Waals surface area contributed by atoms with Crippen LogP contribution in [0.15, 0.2) is 84.6 Å². The van der Waals surface area contributed by atoms with Crippen LogP contribution in [-0.4, -0.2) is 65.1 Å². The number of nitriles is 1. The lowest BCUT2D eigenvalue weighted by molar-refractivity contribution is -0.436. The van der Waals surface area contributed by atoms with Gasteiger partial charge < -0.3 is 24.6 Å². The molecule has 2 atom stereocenters. The van der Waals surface area contributed by atoms with Gasteiger partial charge >= 0.3 is 11.9 Å². The van der Waals surface area contributed by atoms with Gasteiger partial charge in [0, 0.05) is 34.5 Å². The molecule has 2 unspecified atom stereocenters. The summed E-state index contributed by atoms with van der Waals surface area (Å²) in [5, 5.41) is 30.0. The number of unbranched alkanes of at least 4 members (excludes halogenated alkanes) is 2. The molecule has 0 radical (unpaired) electrons. The van der Waals surface area contributed by atoms with Crippen LogP contribution >= 0.6 is 0 Å². The van der Waals surface area contributed by atoms with Crippen LogP contribution in [0.4, 0.5) is 11.4 Å². The van der Waals surface area contributed by atoms with Crippen LogP contribution in [0.5, 0.6) is 5.75 Å². The van der Waals surface area contributed by atoms with Gasteiger partial charge in [0.05, 0.1) is 29.2 Å². The van der Waals surface area contributed by atoms with E-state index >= 15 is 0 Å². The Labute approximate surface area is 310 Å². The number of rotatable bonds is 21. The summed E-state index contributed by atoms with van der Waals surface area (Å²) in [5.74, 6) is -1.59. The van der Waals surface area contributed by atoms with E-state index in [0.29, 0.717) is 43.7 Å². The third-order valence-electron chi connectivity index (χ3n) is 10.2. The maximum absolute atomic E-state index is 12.1. The largest absolute Gasteiger partial charge is 0.481 e. The zero-order chi connectivity index (χ0) is 38.6. The minimum absolute atomic E-state index is 0.0919. The SMILES string of the molecule is C=CCC1(CCCC)C(=CC=C(C#N)C=CC2=[N+](CCC(=O)O)c3ccc(OC=O)cc3C2(C)CCCC)N(CCOC=O)c2ccc(C(=O)O)cc21. The summed E-state index contributed by atoms with van der Waals surface area (Å²) < 4.78 is 12.3. The highest BCUT2D eigenvalue weighted by atomic mass is 16.5. The van der Waals surface area contributed by atoms with Gasteiger partial charge in [0.25, 0.3) is 12.9 Å². The first kappa shape index (κ1) is 40.0. The maximum atomic E-state index is 12.1. The molecule has 2 heterocycles. The number of carbonyl (C=O) groups excluding carboxylic acids is 2. The molecule has 0 aliphatic carbocycles. The maximum Gasteiger partial charge on any atom is 0.335 e. The van der Waals surface area contributed by atoms with Crippen LogP contribution in [0, 0.1) is 11.3 Å². The highest BCUT2D eigenvalue weighted by Gasteiger charge is 2.48. The van der Waals surface area contributed by atoms with Crippen molar-refractivity contribution in [3.8, 4) is 11.8 Å². The number of aliphatic carboxylic acids is 1. The fraction of sp³-hybridized carbons (Fsp3) is 0.381. The predicted octanol–water partition coefficient (Wildman–Crippen LogP) is 7.53. The number of nitrogens with zero attached hydrogens (tertiary/aromatic N) is 3. The van der Waals surface area contributed by atoms with Gasteiger partial charge in [-0.1, -0.05) is 45.6 Å². The molecule has 0 saturated carbocycles. The number of aromatic carboxylic acids is 1. The Bertz CT molecular complexity index is 1900. The number of anilines is 1. The summed E-state index contributed by atoms with van der Waals surface area (Å²) in [4.78, 5) is 48.2. The molecule has 0 spiro atoms. The lowest BCUT2D eigenvalue weighted by Crippen LogP contribution is -2.33. The van der Waals surface area contributed by atoms with E-state index in [2.05, 4.69) is 33.4 Å². The van der Waals surface area contributed by atoms with Crippen LogP contribution in [0.2, 0.25) is 0 Å². The van der Waals surface area contributed by atoms with Crippen LogP contribution in [-0.2, 0) is 30.0 Å². The summed E-state index contributed by atoms with van der Waals surface area (Å²) in [6.07, 6.45) is 14.4. The average molecular weight is 723 g/mol. The number of carbonyl (C=O) groups is 4. The second-order valence-corrected chi connectivity index (χ2v) is 13.5. The molecule has 278 valence electrons. The number of carboxylic acids is 2. The van der Waals surface area contributed by atoms with Crippen molar-refractivity contribution in [3.63, 3.8) is 0 Å². The van der Waals surface area contributed by atoms with Gasteiger partial charge in [0.2, 0.25) is 5.69 Å². The number of benzene rings is 2. The summed E-state index contributed by atoms with van der Waals surface area (Å²) in [6.45, 7) is 11.7. The van der Waals surface area contributed by atoms with Crippen molar-refractivity contribution >= 4 is 42.0 Å². The molecule has 2 N–H and O–H groups in total. The number of hydrogen-bond acceptors (Lipinski definition) is 8. The van der Waals surface area contributed by atoms with Gasteiger partial charge in [-0.25, -0.2) is 4.79 Å². The van der Waals surface area contributed by atoms with Crippen molar-refractivity contribution < 1.29 is 43.4 Å². The Morgan fingerprint density at radius 2 is 1.79 bits per heavy atom. The minimum Gasteiger partial charge on any atom is -0.481 e. The fourth-order valence-corrected chi connectivity index (χ4v) is 7.67. The smallest absolute Gasteiger partial charge is 0.335 e. The minimum atomic E-state index is -1.04. The van der Waals surface area contributed by atoms with Gasteiger partial charge in [0.1, 0.15) is 18.8 Å². The van der Waals surface area contributed by atoms with Crippen molar-refractivity contribution in [2.24, 2.45) is 0 Å². The quantitative estimate of drug-likeness (QED) is 0.0330. The van der Waals surface area contributed by atoms with Crippen LogP contribution < -0.4 is 9.64 Å². The standard InChI is InChI=1S/C42H47N3O8/c1-5-8-20-41(4)33-26-32(53-29-47)13-15-35(33)44(22-18-39(48)49)37(41)16-10-30(27-43)11-17-38-42(19-7-3,21-9-6-2)34-25-31(40(50)51)12-14-36(34)45(38)23-24-52-28-46/h7,10-17,25-26,28-29H,3,5-6,8-9,18-24H2,1-2,4H3,(H-,48,49,50,51)/p+1. The number of allylic oxidation sites excluding steroid dienone is 7. The van der Waals surface area contributed by atoms with Crippen molar-refractivity contribution in [3.05, 3.63) is 101 Å². The lowest BCUT2D eigenvalue weighted by Gasteiger charge is -2.33. The van der Waals surface area contributed by atoms with Crippen molar-refractivity contribution in [1.82, 2.24) is 0 Å². The van der Waals surface area contributed by atoms with Gasteiger partial charge in [0.15, 0.2) is 12.3 Å². The van der Waals surface area contributed by atoms with Gasteiger partial charge in [-0.2, -0.15) is 9.84 Å². The Hall–Kier alpha value is -5.76. The molecule has 0 saturated heterocycles. The molecule has 2 aliphatic heterocycles. The van der Waals surface area contributed by atoms with Crippen LogP contribution in [0.3, 0.4) is 0 Å². The fourth-order valence-electron chi connectivity index (χ4n) is 7.67. The van der Waals surface area contributed by atoms with Crippen LogP contribution in [0.25, 0.3) is 0 Å². The van der Waals surface area contributed by atoms with Gasteiger partial charge in [-0.3, -0.25) is 14.4 Å². The molecule has 4 rings (SSSR count). The topological polar surface area (TPSA) is 157 Å². The molecule has 11 heteroatoms. The van der Waals surface area contributed by atoms with Crippen molar-refractivity contribution in [1.29, 1.82) is 5.26 Å². The summed E-state index contributed by atoms with van der Waals surface area (Å²) >= 11 is 0. The number of carboxylic acid groups (broad SMARTS) is 2. The van der Waals surface area contributed by atoms with E-state index in [1.807, 2.05) is 39.8 Å². The van der Waals surface area contributed by atoms with Gasteiger partial charge in [-0.05, 0) is 80.3 Å². The van der Waals surface area contributed by atoms with E-state index in [0.717, 1.165) is 66.0 Å². The van der Waals surface area contributed by atoms with E-state index in [-0.39, 0.29) is 25.1 Å². The molecular weight excluding hydrogens is 674 g/mol. The third kappa shape index (κ3) is 8.49. The molecule has 11 nitrogen and oxygen atoms in total. The molecular formula is C42H48N3O8+. The Balaban J connectivity index is 1.90. The van der Waals surface area contributed by atoms with E-state index in [1.165, 1.54) is 0 Å². The first-order valence-electron chi connectivity index (χ1n) is 18.0. The second kappa shape index (κ2) is 18.1. The average Bonchev–Trinajstić information content (AvgIpc) is 3.53. The third-order valence-corrected chi connectivity index (χ3v) is 10.2. The highest BCUT2D eigenvalue weighted by molar-refractivity contribution is 6.04. The molecule has 2 aromatic carbocycles. The number of ether oxygens (including phenoxy) is 2. The highest BCUT2D eigenvalue weighted by Crippen LogP contribution is 2.53. The molecule has 53 heavy (non-hydrogen) atoms. The zero-order valence-corrected chi connectivity index (χ0v) is 30.7. The molecule has 2 aromatic rings. The monoisotopic (exact) mass is 722 g/mol. The van der Waals surface area contributed by atoms with Crippen molar-refractivity contribution in [2.45, 2.75) is 83.0 Å². The van der Waals surface area contributed by atoms with E-state index < -0.39 is 22.8 Å². The number of hydrogen-bond donors (Lipinski definition) is 2. The Morgan fingerprint density at radius 3 is 2.43 bits per heavy atom. The van der Waals surface area contributed by atoms with E-state index in [9.17, 15) is 34.7 Å². The molecule has 0 bridgehead atoms. The second-order valence-electron chi connectivity index (χ2n) is 13.5. The summed E-state index contributed by atoms with van der Waals surface area (Å²) in [5.41, 5.74) is 4.27. The molecule has 0 fully saturated rings. The first-order chi connectivity index (χ1) is 25.5. The summed E-state index contributed by atoms with van der Waals surface area (Å²) in [7, 11) is 0. The molecule has 0 amide bonds. The normalized spacial score (nSPS) is 19.9. The van der Waals surface area contributed by atoms with E-state index in [4.69, 9.17) is 9.47 Å². The van der Waals surface area contributed by atoms with Crippen LogP contribution in [0.1, 0.15) is 93.6 Å². The summed E-state index contributed by atoms with van der Waals surface area (Å²) in [6, 6.07) is 12.7. The Kier molecular flexibility index (Phi) is 13.7. The van der Waals surface area contributed by atoms with Gasteiger partial charge in [-0.15, -0.1) is 6.58 Å². The van der Waals surface area contributed by atoms with E-state index in [1.54, 1.807) is 36.4 Å².